The van der Waals surface area contributed by atoms with Crippen LogP contribution in [0.2, 0.25) is 0 Å². The van der Waals surface area contributed by atoms with Crippen LogP contribution in [-0.2, 0) is 4.79 Å². The summed E-state index contributed by atoms with van der Waals surface area (Å²) in [7, 11) is 0. The molecular formula is C4H9CaNO4. The zero-order valence-electron chi connectivity index (χ0n) is 4.57. The molecule has 0 aromatic rings. The van der Waals surface area contributed by atoms with Crippen LogP contribution < -0.4 is 5.73 Å². The van der Waals surface area contributed by atoms with Crippen LogP contribution in [0.1, 0.15) is 0 Å². The third-order valence-corrected chi connectivity index (χ3v) is 0.201. The Morgan fingerprint density at radius 1 is 1.40 bits per heavy atom. The maximum atomic E-state index is 9.47. The molecule has 0 aliphatic carbocycles. The van der Waals surface area contributed by atoms with Gasteiger partial charge in [0.25, 0.3) is 0 Å². The van der Waals surface area contributed by atoms with E-state index in [1.165, 1.54) is 0 Å². The number of carbonyl (C=O) groups is 2. The molecule has 56 valence electrons. The van der Waals surface area contributed by atoms with Crippen molar-refractivity contribution in [3.05, 3.63) is 12.7 Å². The molecular weight excluding hydrogens is 166 g/mol. The first-order valence-electron chi connectivity index (χ1n) is 1.84. The second kappa shape index (κ2) is 11.5. The number of rotatable bonds is 1. The molecule has 0 bridgehead atoms. The van der Waals surface area contributed by atoms with Crippen molar-refractivity contribution in [1.82, 2.24) is 0 Å². The molecule has 0 heterocycles. The molecule has 0 spiro atoms. The predicted octanol–water partition coefficient (Wildman–Crippen LogP) is -1.04. The fourth-order valence-corrected chi connectivity index (χ4v) is 0. The summed E-state index contributed by atoms with van der Waals surface area (Å²) in [6, 6.07) is 0. The minimum absolute atomic E-state index is 0. The van der Waals surface area contributed by atoms with Gasteiger partial charge in [-0.15, -0.1) is 0 Å². The average Bonchev–Trinajstić information content (AvgIpc) is 1.65. The molecule has 1 amide bonds. The quantitative estimate of drug-likeness (QED) is 0.350. The average molecular weight is 175 g/mol. The van der Waals surface area contributed by atoms with E-state index >= 15 is 0 Å². The van der Waals surface area contributed by atoms with Gasteiger partial charge in [-0.25, -0.2) is 4.79 Å². The summed E-state index contributed by atoms with van der Waals surface area (Å²) >= 11 is 0. The molecule has 0 atom stereocenters. The Morgan fingerprint density at radius 3 is 1.50 bits per heavy atom. The molecule has 0 radical (unpaired) electrons. The molecule has 0 aliphatic rings. The number of hydrogen-bond acceptors (Lipinski definition) is 2. The van der Waals surface area contributed by atoms with E-state index in [1.54, 1.807) is 0 Å². The number of primary amides is 1. The van der Waals surface area contributed by atoms with E-state index in [9.17, 15) is 4.79 Å². The fourth-order valence-electron chi connectivity index (χ4n) is 0. The maximum absolute atomic E-state index is 9.47. The van der Waals surface area contributed by atoms with Crippen LogP contribution in [0.15, 0.2) is 12.7 Å². The monoisotopic (exact) mass is 175 g/mol. The van der Waals surface area contributed by atoms with Crippen molar-refractivity contribution in [2.75, 3.05) is 0 Å². The van der Waals surface area contributed by atoms with Gasteiger partial charge in [-0.1, -0.05) is 6.58 Å². The van der Waals surface area contributed by atoms with Crippen LogP contribution in [0.3, 0.4) is 0 Å². The number of carbonyl (C=O) groups excluding carboxylic acids is 1. The van der Waals surface area contributed by atoms with Crippen LogP contribution in [-0.4, -0.2) is 60.0 Å². The molecule has 10 heavy (non-hydrogen) atoms. The summed E-state index contributed by atoms with van der Waals surface area (Å²) in [4.78, 5) is 18.0. The Bertz CT molecular complexity index is 120. The first kappa shape index (κ1) is 16.4. The van der Waals surface area contributed by atoms with Crippen molar-refractivity contribution in [3.63, 3.8) is 0 Å². The molecule has 5 nitrogen and oxygen atoms in total. The molecule has 0 rings (SSSR count). The van der Waals surface area contributed by atoms with E-state index in [0.717, 1.165) is 6.08 Å². The van der Waals surface area contributed by atoms with Gasteiger partial charge in [-0.2, -0.15) is 0 Å². The van der Waals surface area contributed by atoms with Gasteiger partial charge in [0.15, 0.2) is 0 Å². The van der Waals surface area contributed by atoms with Crippen molar-refractivity contribution in [2.24, 2.45) is 5.73 Å². The molecule has 0 aromatic carbocycles. The molecule has 0 saturated heterocycles. The molecule has 6 heteroatoms. The minimum atomic E-state index is -1.83. The Hall–Kier alpha value is -0.260. The van der Waals surface area contributed by atoms with E-state index in [0.29, 0.717) is 0 Å². The summed E-state index contributed by atoms with van der Waals surface area (Å²) in [5, 5.41) is 13.9. The summed E-state index contributed by atoms with van der Waals surface area (Å²) in [6.07, 6.45) is -0.778. The Morgan fingerprint density at radius 2 is 1.50 bits per heavy atom. The molecule has 0 saturated carbocycles. The second-order valence-corrected chi connectivity index (χ2v) is 0.889. The number of hydrogen-bond donors (Lipinski definition) is 3. The van der Waals surface area contributed by atoms with Gasteiger partial charge in [-0.05, 0) is 6.08 Å². The van der Waals surface area contributed by atoms with Crippen LogP contribution in [0.25, 0.3) is 0 Å². The zero-order valence-corrected chi connectivity index (χ0v) is 4.57. The van der Waals surface area contributed by atoms with Gasteiger partial charge >= 0.3 is 43.9 Å². The van der Waals surface area contributed by atoms with E-state index in [1.807, 2.05) is 0 Å². The van der Waals surface area contributed by atoms with Crippen molar-refractivity contribution in [1.29, 1.82) is 0 Å². The van der Waals surface area contributed by atoms with Crippen molar-refractivity contribution in [3.8, 4) is 0 Å². The van der Waals surface area contributed by atoms with Crippen molar-refractivity contribution in [2.45, 2.75) is 0 Å². The van der Waals surface area contributed by atoms with Crippen LogP contribution in [0.5, 0.6) is 0 Å². The first-order chi connectivity index (χ1) is 4.00. The zero-order chi connectivity index (χ0) is 7.86. The summed E-state index contributed by atoms with van der Waals surface area (Å²) in [6.45, 7) is 3.09. The molecule has 0 fully saturated rings. The molecule has 0 aliphatic heterocycles. The molecule has 0 aromatic heterocycles. The third-order valence-electron chi connectivity index (χ3n) is 0.201. The summed E-state index contributed by atoms with van der Waals surface area (Å²) in [5.74, 6) is -0.481. The number of carboxylic acid groups (broad SMARTS) is 2. The van der Waals surface area contributed by atoms with Crippen LogP contribution in [0, 0.1) is 0 Å². The Kier molecular flexibility index (Phi) is 18.9. The van der Waals surface area contributed by atoms with Crippen LogP contribution in [0.4, 0.5) is 4.79 Å². The summed E-state index contributed by atoms with van der Waals surface area (Å²) in [5.41, 5.74) is 4.53. The number of amides is 1. The van der Waals surface area contributed by atoms with Crippen molar-refractivity contribution < 1.29 is 19.8 Å². The van der Waals surface area contributed by atoms with Crippen LogP contribution >= 0.6 is 0 Å². The molecule has 4 N–H and O–H groups in total. The standard InChI is InChI=1S/C3H5NO.CH2O3.Ca.2H/c1-2-3(4)5;2-1(3)4;;;/h2H,1H2,(H2,4,5);(H2,2,3,4);;;. The predicted molar refractivity (Wildman–Crippen MR) is 38.6 cm³/mol. The van der Waals surface area contributed by atoms with Gasteiger partial charge < -0.3 is 15.9 Å². The topological polar surface area (TPSA) is 101 Å². The Labute approximate surface area is 87.5 Å². The van der Waals surface area contributed by atoms with E-state index in [2.05, 4.69) is 12.3 Å². The van der Waals surface area contributed by atoms with Crippen molar-refractivity contribution >= 4 is 49.8 Å². The van der Waals surface area contributed by atoms with Gasteiger partial charge in [-0.3, -0.25) is 4.79 Å². The summed E-state index contributed by atoms with van der Waals surface area (Å²) < 4.78 is 0. The van der Waals surface area contributed by atoms with E-state index < -0.39 is 12.1 Å². The normalized spacial score (nSPS) is 5.60. The first-order valence-corrected chi connectivity index (χ1v) is 1.84. The van der Waals surface area contributed by atoms with E-state index in [-0.39, 0.29) is 37.7 Å². The fraction of sp³-hybridized carbons (Fsp3) is 0. The van der Waals surface area contributed by atoms with E-state index in [4.69, 9.17) is 15.0 Å². The van der Waals surface area contributed by atoms with Gasteiger partial charge in [0.1, 0.15) is 0 Å². The SMILES string of the molecule is C=CC(N)=O.O=C(O)O.[CaH2]. The van der Waals surface area contributed by atoms with Gasteiger partial charge in [0.2, 0.25) is 5.91 Å². The molecule has 0 unspecified atom stereocenters. The van der Waals surface area contributed by atoms with Gasteiger partial charge in [0, 0.05) is 0 Å². The third kappa shape index (κ3) is 116. The van der Waals surface area contributed by atoms with Gasteiger partial charge in [0.05, 0.1) is 0 Å². The second-order valence-electron chi connectivity index (χ2n) is 0.889. The number of nitrogens with two attached hydrogens (primary N) is 1. The Balaban J connectivity index is -0.0000000910.